The van der Waals surface area contributed by atoms with Gasteiger partial charge >= 0.3 is 24.2 Å². The summed E-state index contributed by atoms with van der Waals surface area (Å²) in [5.74, 6) is -11.1. The standard InChI is InChI=1S/C18H26F10O6/c1-13(5-29,8-33-10-15(19,20)17(23,24)25)7-32-4-3-12(31)14(2,6-30)9-34-11-16(21,22)18(26,27)28/h29-30H,3-11H2,1-2H3. The predicted octanol–water partition coefficient (Wildman–Crippen LogP) is 3.39. The lowest BCUT2D eigenvalue weighted by Gasteiger charge is -2.29. The molecule has 6 nitrogen and oxygen atoms in total. The van der Waals surface area contributed by atoms with Crippen molar-refractivity contribution in [1.82, 2.24) is 0 Å². The molecule has 0 heterocycles. The molecule has 0 rings (SSSR count). The number of hydrogen-bond donors (Lipinski definition) is 2. The van der Waals surface area contributed by atoms with E-state index in [2.05, 4.69) is 9.47 Å². The van der Waals surface area contributed by atoms with Gasteiger partial charge in [0.1, 0.15) is 19.0 Å². The molecule has 0 saturated heterocycles. The minimum Gasteiger partial charge on any atom is -0.396 e. The van der Waals surface area contributed by atoms with Crippen LogP contribution in [0.5, 0.6) is 0 Å². The molecule has 0 aliphatic heterocycles. The van der Waals surface area contributed by atoms with Crippen LogP contribution >= 0.6 is 0 Å². The average Bonchev–Trinajstić information content (AvgIpc) is 2.68. The topological polar surface area (TPSA) is 85.2 Å². The largest absolute Gasteiger partial charge is 0.455 e. The van der Waals surface area contributed by atoms with Crippen LogP contribution in [0.1, 0.15) is 20.3 Å². The van der Waals surface area contributed by atoms with E-state index in [1.165, 1.54) is 6.92 Å². The molecule has 0 aliphatic rings. The Morgan fingerprint density at radius 2 is 1.06 bits per heavy atom. The van der Waals surface area contributed by atoms with E-state index in [-0.39, 0.29) is 0 Å². The average molecular weight is 528 g/mol. The Hall–Kier alpha value is -1.23. The van der Waals surface area contributed by atoms with Crippen molar-refractivity contribution in [3.63, 3.8) is 0 Å². The molecule has 0 aliphatic carbocycles. The van der Waals surface area contributed by atoms with Gasteiger partial charge in [0, 0.05) is 11.8 Å². The van der Waals surface area contributed by atoms with Crippen molar-refractivity contribution in [3.8, 4) is 0 Å². The van der Waals surface area contributed by atoms with Crippen molar-refractivity contribution in [2.45, 2.75) is 44.5 Å². The van der Waals surface area contributed by atoms with Crippen LogP contribution in [-0.2, 0) is 19.0 Å². The Morgan fingerprint density at radius 3 is 1.44 bits per heavy atom. The number of ketones is 1. The monoisotopic (exact) mass is 528 g/mol. The molecule has 0 saturated carbocycles. The number of rotatable bonds is 16. The van der Waals surface area contributed by atoms with Gasteiger partial charge in [-0.05, 0) is 6.92 Å². The van der Waals surface area contributed by atoms with Crippen LogP contribution in [0.15, 0.2) is 0 Å². The molecule has 0 aromatic rings. The molecule has 2 unspecified atom stereocenters. The van der Waals surface area contributed by atoms with Crippen molar-refractivity contribution >= 4 is 5.78 Å². The normalized spacial score (nSPS) is 17.4. The molecule has 0 aromatic heterocycles. The Balaban J connectivity index is 4.63. The summed E-state index contributed by atoms with van der Waals surface area (Å²) in [6.45, 7) is -6.12. The molecule has 16 heteroatoms. The number of aliphatic hydroxyl groups excluding tert-OH is 2. The summed E-state index contributed by atoms with van der Waals surface area (Å²) in [6.07, 6.45) is -12.2. The molecule has 0 bridgehead atoms. The SMILES string of the molecule is CC(CO)(COCCC(=O)C(C)(CO)COCC(F)(F)C(F)(F)F)COCC(F)(F)C(F)(F)F. The van der Waals surface area contributed by atoms with E-state index in [1.807, 2.05) is 0 Å². The van der Waals surface area contributed by atoms with Crippen LogP contribution in [0, 0.1) is 10.8 Å². The molecule has 0 spiro atoms. The fourth-order valence-electron chi connectivity index (χ4n) is 2.13. The molecular weight excluding hydrogens is 502 g/mol. The van der Waals surface area contributed by atoms with Crippen molar-refractivity contribution in [1.29, 1.82) is 0 Å². The summed E-state index contributed by atoms with van der Waals surface area (Å²) in [4.78, 5) is 12.2. The first-order chi connectivity index (χ1) is 15.2. The third-order valence-corrected chi connectivity index (χ3v) is 4.60. The van der Waals surface area contributed by atoms with Crippen molar-refractivity contribution in [3.05, 3.63) is 0 Å². The van der Waals surface area contributed by atoms with E-state index < -0.39 is 100 Å². The second-order valence-electron chi connectivity index (χ2n) is 8.30. The van der Waals surface area contributed by atoms with Crippen molar-refractivity contribution < 1.29 is 73.1 Å². The molecule has 2 atom stereocenters. The fraction of sp³-hybridized carbons (Fsp3) is 0.944. The van der Waals surface area contributed by atoms with Gasteiger partial charge in [0.2, 0.25) is 0 Å². The van der Waals surface area contributed by atoms with E-state index in [9.17, 15) is 58.9 Å². The van der Waals surface area contributed by atoms with E-state index in [4.69, 9.17) is 4.74 Å². The lowest BCUT2D eigenvalue weighted by Crippen LogP contribution is -2.44. The number of carbonyl (C=O) groups excluding carboxylic acids is 1. The highest BCUT2D eigenvalue weighted by molar-refractivity contribution is 5.84. The van der Waals surface area contributed by atoms with Gasteiger partial charge < -0.3 is 24.4 Å². The fourth-order valence-corrected chi connectivity index (χ4v) is 2.13. The molecule has 2 N–H and O–H groups in total. The summed E-state index contributed by atoms with van der Waals surface area (Å²) in [5, 5.41) is 18.7. The van der Waals surface area contributed by atoms with Gasteiger partial charge in [0.05, 0.1) is 45.1 Å². The summed E-state index contributed by atoms with van der Waals surface area (Å²) in [7, 11) is 0. The predicted molar refractivity (Wildman–Crippen MR) is 94.5 cm³/mol. The highest BCUT2D eigenvalue weighted by Gasteiger charge is 2.58. The smallest absolute Gasteiger partial charge is 0.396 e. The van der Waals surface area contributed by atoms with Gasteiger partial charge in [0.15, 0.2) is 0 Å². The van der Waals surface area contributed by atoms with Gasteiger partial charge in [-0.3, -0.25) is 4.79 Å². The summed E-state index contributed by atoms with van der Waals surface area (Å²) in [6, 6.07) is 0. The summed E-state index contributed by atoms with van der Waals surface area (Å²) >= 11 is 0. The minimum absolute atomic E-state index is 0.429. The Kier molecular flexibility index (Phi) is 11.7. The number of alkyl halides is 10. The van der Waals surface area contributed by atoms with E-state index >= 15 is 0 Å². The molecule has 0 amide bonds. The first kappa shape index (κ1) is 32.8. The van der Waals surface area contributed by atoms with Crippen molar-refractivity contribution in [2.24, 2.45) is 10.8 Å². The van der Waals surface area contributed by atoms with Crippen molar-refractivity contribution in [2.75, 3.05) is 52.9 Å². The lowest BCUT2D eigenvalue weighted by molar-refractivity contribution is -0.298. The van der Waals surface area contributed by atoms with Crippen LogP contribution < -0.4 is 0 Å². The lowest BCUT2D eigenvalue weighted by atomic mass is 9.86. The zero-order valence-electron chi connectivity index (χ0n) is 18.2. The van der Waals surface area contributed by atoms with Crippen LogP contribution in [0.25, 0.3) is 0 Å². The molecule has 0 radical (unpaired) electrons. The van der Waals surface area contributed by atoms with Gasteiger partial charge in [-0.2, -0.15) is 43.9 Å². The van der Waals surface area contributed by atoms with Crippen LogP contribution in [0.3, 0.4) is 0 Å². The van der Waals surface area contributed by atoms with Gasteiger partial charge in [-0.25, -0.2) is 0 Å². The maximum absolute atomic E-state index is 12.9. The van der Waals surface area contributed by atoms with Crippen LogP contribution in [-0.4, -0.2) is 93.0 Å². The van der Waals surface area contributed by atoms with E-state index in [0.29, 0.717) is 0 Å². The Morgan fingerprint density at radius 1 is 0.647 bits per heavy atom. The Bertz CT molecular complexity index is 640. The van der Waals surface area contributed by atoms with Crippen LogP contribution in [0.2, 0.25) is 0 Å². The number of halogens is 10. The van der Waals surface area contributed by atoms with Gasteiger partial charge in [0.25, 0.3) is 0 Å². The van der Waals surface area contributed by atoms with Crippen LogP contribution in [0.4, 0.5) is 43.9 Å². The molecule has 34 heavy (non-hydrogen) atoms. The number of ether oxygens (including phenoxy) is 3. The van der Waals surface area contributed by atoms with Gasteiger partial charge in [-0.1, -0.05) is 6.92 Å². The summed E-state index contributed by atoms with van der Waals surface area (Å²) in [5.41, 5.74) is -3.28. The zero-order valence-corrected chi connectivity index (χ0v) is 18.2. The number of Topliss-reactive ketones (excluding diaryl/α,β-unsaturated/α-hetero) is 1. The second-order valence-corrected chi connectivity index (χ2v) is 8.30. The third-order valence-electron chi connectivity index (χ3n) is 4.60. The Labute approximate surface area is 188 Å². The van der Waals surface area contributed by atoms with Gasteiger partial charge in [-0.15, -0.1) is 0 Å². The highest BCUT2D eigenvalue weighted by Crippen LogP contribution is 2.37. The number of hydrogen-bond acceptors (Lipinski definition) is 6. The minimum atomic E-state index is -5.87. The van der Waals surface area contributed by atoms with E-state index in [0.717, 1.165) is 6.92 Å². The maximum Gasteiger partial charge on any atom is 0.455 e. The molecule has 0 fully saturated rings. The first-order valence-electron chi connectivity index (χ1n) is 9.54. The highest BCUT2D eigenvalue weighted by atomic mass is 19.4. The molecule has 204 valence electrons. The maximum atomic E-state index is 12.9. The molecule has 0 aromatic carbocycles. The number of carbonyl (C=O) groups is 1. The quantitative estimate of drug-likeness (QED) is 0.236. The first-order valence-corrected chi connectivity index (χ1v) is 9.54. The van der Waals surface area contributed by atoms with E-state index in [1.54, 1.807) is 0 Å². The zero-order chi connectivity index (χ0) is 27.1. The number of aliphatic hydroxyl groups is 2. The summed E-state index contributed by atoms with van der Waals surface area (Å²) < 4.78 is 138. The second kappa shape index (κ2) is 12.1. The molecular formula is C18H26F10O6. The third kappa shape index (κ3) is 9.79.